The summed E-state index contributed by atoms with van der Waals surface area (Å²) in [6.07, 6.45) is 0.921. The number of methoxy groups -OCH3 is 1. The summed E-state index contributed by atoms with van der Waals surface area (Å²) < 4.78 is 5.00. The van der Waals surface area contributed by atoms with Gasteiger partial charge in [0.05, 0.1) is 0 Å². The molecule has 0 aliphatic rings. The first-order valence-electron chi connectivity index (χ1n) is 7.51. The Kier molecular flexibility index (Phi) is 8.67. The van der Waals surface area contributed by atoms with Crippen LogP contribution in [0.15, 0.2) is 29.3 Å². The molecule has 1 aromatic rings. The summed E-state index contributed by atoms with van der Waals surface area (Å²) in [7, 11) is 3.42. The number of nitrogens with one attached hydrogen (secondary N) is 3. The van der Waals surface area contributed by atoms with E-state index in [-0.39, 0.29) is 5.91 Å². The van der Waals surface area contributed by atoms with Crippen LogP contribution in [0.3, 0.4) is 0 Å². The molecule has 122 valence electrons. The van der Waals surface area contributed by atoms with Crippen LogP contribution in [0.1, 0.15) is 29.3 Å². The van der Waals surface area contributed by atoms with Gasteiger partial charge in [-0.25, -0.2) is 0 Å². The molecule has 0 saturated heterocycles. The third kappa shape index (κ3) is 6.58. The number of carbonyl (C=O) groups is 1. The first kappa shape index (κ1) is 18.0. The molecule has 0 unspecified atom stereocenters. The normalized spacial score (nSPS) is 11.1. The number of nitrogens with zero attached hydrogens (tertiary/aromatic N) is 1. The van der Waals surface area contributed by atoms with Crippen molar-refractivity contribution in [1.29, 1.82) is 0 Å². The lowest BCUT2D eigenvalue weighted by atomic mass is 10.1. The van der Waals surface area contributed by atoms with Gasteiger partial charge in [-0.3, -0.25) is 9.79 Å². The van der Waals surface area contributed by atoms with Gasteiger partial charge in [0.25, 0.3) is 5.91 Å². The van der Waals surface area contributed by atoms with Crippen LogP contribution in [0.4, 0.5) is 0 Å². The molecule has 1 rings (SSSR count). The molecule has 1 amide bonds. The molecule has 1 aromatic carbocycles. The zero-order valence-corrected chi connectivity index (χ0v) is 13.6. The van der Waals surface area contributed by atoms with Crippen molar-refractivity contribution in [3.63, 3.8) is 0 Å². The topological polar surface area (TPSA) is 74.8 Å². The van der Waals surface area contributed by atoms with E-state index in [1.807, 2.05) is 31.2 Å². The maximum atomic E-state index is 11.8. The molecule has 0 spiro atoms. The number of hydrogen-bond donors (Lipinski definition) is 3. The highest BCUT2D eigenvalue weighted by Gasteiger charge is 2.05. The van der Waals surface area contributed by atoms with E-state index in [9.17, 15) is 4.79 Å². The van der Waals surface area contributed by atoms with Gasteiger partial charge in [0.2, 0.25) is 0 Å². The van der Waals surface area contributed by atoms with Gasteiger partial charge in [0.15, 0.2) is 5.96 Å². The Labute approximate surface area is 132 Å². The van der Waals surface area contributed by atoms with E-state index in [0.29, 0.717) is 18.7 Å². The van der Waals surface area contributed by atoms with Crippen molar-refractivity contribution >= 4 is 11.9 Å². The van der Waals surface area contributed by atoms with Gasteiger partial charge in [0.1, 0.15) is 0 Å². The minimum atomic E-state index is -0.0496. The van der Waals surface area contributed by atoms with E-state index >= 15 is 0 Å². The highest BCUT2D eigenvalue weighted by atomic mass is 16.5. The van der Waals surface area contributed by atoms with E-state index in [0.717, 1.165) is 31.1 Å². The van der Waals surface area contributed by atoms with Crippen molar-refractivity contribution in [2.24, 2.45) is 4.99 Å². The highest BCUT2D eigenvalue weighted by molar-refractivity contribution is 5.94. The van der Waals surface area contributed by atoms with E-state index in [1.54, 1.807) is 14.2 Å². The number of amides is 1. The van der Waals surface area contributed by atoms with Gasteiger partial charge in [-0.2, -0.15) is 0 Å². The van der Waals surface area contributed by atoms with Gasteiger partial charge < -0.3 is 20.7 Å². The van der Waals surface area contributed by atoms with Crippen molar-refractivity contribution in [2.75, 3.05) is 33.9 Å². The second-order valence-corrected chi connectivity index (χ2v) is 4.76. The summed E-state index contributed by atoms with van der Waals surface area (Å²) in [6, 6.07) is 7.56. The number of carbonyl (C=O) groups excluding carboxylic acids is 1. The molecule has 0 aliphatic carbocycles. The van der Waals surface area contributed by atoms with E-state index < -0.39 is 0 Å². The average molecular weight is 306 g/mol. The molecule has 6 heteroatoms. The van der Waals surface area contributed by atoms with Crippen LogP contribution in [-0.2, 0) is 11.3 Å². The number of aliphatic imine (C=N–C) groups is 1. The number of rotatable bonds is 8. The number of benzene rings is 1. The predicted octanol–water partition coefficient (Wildman–Crippen LogP) is 1.14. The average Bonchev–Trinajstić information content (AvgIpc) is 2.55. The minimum absolute atomic E-state index is 0.0496. The van der Waals surface area contributed by atoms with Crippen molar-refractivity contribution in [3.05, 3.63) is 35.4 Å². The summed E-state index contributed by atoms with van der Waals surface area (Å²) in [5.74, 6) is 0.686. The Hall–Kier alpha value is -2.08. The molecule has 22 heavy (non-hydrogen) atoms. The molecule has 0 fully saturated rings. The fourth-order valence-electron chi connectivity index (χ4n) is 1.91. The van der Waals surface area contributed by atoms with Crippen LogP contribution in [0.2, 0.25) is 0 Å². The smallest absolute Gasteiger partial charge is 0.251 e. The van der Waals surface area contributed by atoms with Gasteiger partial charge in [-0.05, 0) is 31.0 Å². The molecule has 0 aromatic heterocycles. The zero-order chi connectivity index (χ0) is 16.2. The molecule has 0 saturated carbocycles. The lowest BCUT2D eigenvalue weighted by Gasteiger charge is -2.12. The summed E-state index contributed by atoms with van der Waals surface area (Å²) in [6.45, 7) is 4.66. The van der Waals surface area contributed by atoms with E-state index in [4.69, 9.17) is 4.74 Å². The summed E-state index contributed by atoms with van der Waals surface area (Å²) >= 11 is 0. The summed E-state index contributed by atoms with van der Waals surface area (Å²) in [4.78, 5) is 16.0. The standard InChI is InChI=1S/C16H26N4O2/c1-4-18-15(21)14-8-5-7-13(11-14)12-20-16(17-2)19-9-6-10-22-3/h5,7-8,11H,4,6,9-10,12H2,1-3H3,(H,18,21)(H2,17,19,20). The third-order valence-electron chi connectivity index (χ3n) is 3.03. The molecule has 0 radical (unpaired) electrons. The monoisotopic (exact) mass is 306 g/mol. The third-order valence-corrected chi connectivity index (χ3v) is 3.03. The van der Waals surface area contributed by atoms with Crippen molar-refractivity contribution in [3.8, 4) is 0 Å². The van der Waals surface area contributed by atoms with Crippen LogP contribution in [0, 0.1) is 0 Å². The Morgan fingerprint density at radius 3 is 2.77 bits per heavy atom. The zero-order valence-electron chi connectivity index (χ0n) is 13.6. The largest absolute Gasteiger partial charge is 0.385 e. The first-order chi connectivity index (χ1) is 10.7. The van der Waals surface area contributed by atoms with Gasteiger partial charge in [-0.1, -0.05) is 12.1 Å². The maximum Gasteiger partial charge on any atom is 0.251 e. The van der Waals surface area contributed by atoms with Crippen molar-refractivity contribution in [2.45, 2.75) is 19.9 Å². The van der Waals surface area contributed by atoms with Gasteiger partial charge in [0, 0.05) is 46.0 Å². The van der Waals surface area contributed by atoms with Crippen molar-refractivity contribution < 1.29 is 9.53 Å². The SMILES string of the molecule is CCNC(=O)c1cccc(CNC(=NC)NCCCOC)c1. The molecule has 0 heterocycles. The van der Waals surface area contributed by atoms with Crippen LogP contribution in [0.5, 0.6) is 0 Å². The van der Waals surface area contributed by atoms with Gasteiger partial charge >= 0.3 is 0 Å². The molecular weight excluding hydrogens is 280 g/mol. The Balaban J connectivity index is 2.49. The number of guanidine groups is 1. The molecule has 0 aliphatic heterocycles. The fraction of sp³-hybridized carbons (Fsp3) is 0.500. The lowest BCUT2D eigenvalue weighted by molar-refractivity contribution is 0.0955. The van der Waals surface area contributed by atoms with Crippen LogP contribution < -0.4 is 16.0 Å². The molecule has 0 bridgehead atoms. The lowest BCUT2D eigenvalue weighted by Crippen LogP contribution is -2.37. The molecule has 3 N–H and O–H groups in total. The van der Waals surface area contributed by atoms with Gasteiger partial charge in [-0.15, -0.1) is 0 Å². The number of ether oxygens (including phenoxy) is 1. The summed E-state index contributed by atoms with van der Waals surface area (Å²) in [5.41, 5.74) is 1.70. The molecule has 0 atom stereocenters. The van der Waals surface area contributed by atoms with Crippen LogP contribution in [-0.4, -0.2) is 45.7 Å². The first-order valence-corrected chi connectivity index (χ1v) is 7.51. The predicted molar refractivity (Wildman–Crippen MR) is 89.1 cm³/mol. The summed E-state index contributed by atoms with van der Waals surface area (Å²) in [5, 5.41) is 9.24. The van der Waals surface area contributed by atoms with E-state index in [2.05, 4.69) is 20.9 Å². The minimum Gasteiger partial charge on any atom is -0.385 e. The van der Waals surface area contributed by atoms with Crippen LogP contribution in [0.25, 0.3) is 0 Å². The fourth-order valence-corrected chi connectivity index (χ4v) is 1.91. The molecular formula is C16H26N4O2. The highest BCUT2D eigenvalue weighted by Crippen LogP contribution is 2.05. The Morgan fingerprint density at radius 1 is 1.27 bits per heavy atom. The Bertz CT molecular complexity index is 489. The quantitative estimate of drug-likeness (QED) is 0.382. The van der Waals surface area contributed by atoms with Crippen molar-refractivity contribution in [1.82, 2.24) is 16.0 Å². The Morgan fingerprint density at radius 2 is 2.09 bits per heavy atom. The second kappa shape index (κ2) is 10.6. The van der Waals surface area contributed by atoms with Crippen LogP contribution >= 0.6 is 0 Å². The second-order valence-electron chi connectivity index (χ2n) is 4.76. The number of hydrogen-bond acceptors (Lipinski definition) is 3. The van der Waals surface area contributed by atoms with E-state index in [1.165, 1.54) is 0 Å². The maximum absolute atomic E-state index is 11.8. The molecule has 6 nitrogen and oxygen atoms in total.